The van der Waals surface area contributed by atoms with Gasteiger partial charge in [-0.25, -0.2) is 14.9 Å². The molecule has 1 atom stereocenters. The predicted octanol–water partition coefficient (Wildman–Crippen LogP) is 4.29. The molecule has 0 radical (unpaired) electrons. The van der Waals surface area contributed by atoms with Crippen LogP contribution in [0.15, 0.2) is 102 Å². The van der Waals surface area contributed by atoms with Crippen molar-refractivity contribution in [1.29, 1.82) is 0 Å². The first kappa shape index (κ1) is 22.0. The minimum Gasteiger partial charge on any atom is -0.351 e. The molecule has 0 fully saturated rings. The molecular formula is C23H21ClN4O3. The third kappa shape index (κ3) is 5.28. The molecule has 3 rings (SSSR count). The monoisotopic (exact) mass is 436 g/mol. The average molecular weight is 437 g/mol. The topological polar surface area (TPSA) is 99.2 Å². The van der Waals surface area contributed by atoms with Crippen molar-refractivity contribution < 1.29 is 14.8 Å². The van der Waals surface area contributed by atoms with Gasteiger partial charge in [0.25, 0.3) is 5.91 Å². The normalized spacial score (nSPS) is 15.8. The van der Waals surface area contributed by atoms with E-state index in [1.807, 2.05) is 0 Å². The van der Waals surface area contributed by atoms with Crippen LogP contribution in [0, 0.1) is 0 Å². The van der Waals surface area contributed by atoms with Crippen molar-refractivity contribution in [1.82, 2.24) is 5.06 Å². The molecule has 1 heterocycles. The van der Waals surface area contributed by atoms with Crippen molar-refractivity contribution in [2.24, 2.45) is 10.7 Å². The highest BCUT2D eigenvalue weighted by Gasteiger charge is 2.29. The second-order valence-electron chi connectivity index (χ2n) is 6.65. The van der Waals surface area contributed by atoms with Gasteiger partial charge >= 0.3 is 6.03 Å². The van der Waals surface area contributed by atoms with Gasteiger partial charge in [0.2, 0.25) is 0 Å². The van der Waals surface area contributed by atoms with Crippen LogP contribution in [0.4, 0.5) is 10.5 Å². The summed E-state index contributed by atoms with van der Waals surface area (Å²) < 4.78 is 0. The van der Waals surface area contributed by atoms with Crippen LogP contribution in [0.25, 0.3) is 0 Å². The Labute approximate surface area is 185 Å². The number of anilines is 1. The predicted molar refractivity (Wildman–Crippen MR) is 122 cm³/mol. The van der Waals surface area contributed by atoms with Crippen molar-refractivity contribution in [3.63, 3.8) is 0 Å². The van der Waals surface area contributed by atoms with E-state index in [2.05, 4.69) is 11.6 Å². The zero-order valence-electron chi connectivity index (χ0n) is 16.6. The Balaban J connectivity index is 1.86. The van der Waals surface area contributed by atoms with Crippen LogP contribution in [0.1, 0.15) is 6.42 Å². The lowest BCUT2D eigenvalue weighted by Crippen LogP contribution is -2.47. The summed E-state index contributed by atoms with van der Waals surface area (Å²) in [5.74, 6) is -0.543. The number of allylic oxidation sites excluding steroid dienone is 8. The zero-order chi connectivity index (χ0) is 22.4. The Morgan fingerprint density at radius 3 is 2.42 bits per heavy atom. The molecule has 0 aromatic heterocycles. The van der Waals surface area contributed by atoms with Gasteiger partial charge in [0, 0.05) is 22.5 Å². The van der Waals surface area contributed by atoms with Crippen molar-refractivity contribution in [2.45, 2.75) is 12.5 Å². The lowest BCUT2D eigenvalue weighted by molar-refractivity contribution is -0.118. The van der Waals surface area contributed by atoms with Gasteiger partial charge in [0.05, 0.1) is 11.4 Å². The van der Waals surface area contributed by atoms with Crippen molar-refractivity contribution >= 4 is 34.9 Å². The molecule has 1 aromatic rings. The van der Waals surface area contributed by atoms with Crippen LogP contribution in [0.3, 0.4) is 0 Å². The molecule has 3 amide bonds. The van der Waals surface area contributed by atoms with Gasteiger partial charge < -0.3 is 5.73 Å². The van der Waals surface area contributed by atoms with Gasteiger partial charge in [-0.3, -0.25) is 14.9 Å². The molecule has 0 saturated heterocycles. The van der Waals surface area contributed by atoms with E-state index in [0.29, 0.717) is 22.1 Å². The lowest BCUT2D eigenvalue weighted by Gasteiger charge is -2.27. The lowest BCUT2D eigenvalue weighted by atomic mass is 10.0. The van der Waals surface area contributed by atoms with Gasteiger partial charge in [-0.1, -0.05) is 35.9 Å². The number of hydrogen-bond acceptors (Lipinski definition) is 4. The van der Waals surface area contributed by atoms with Crippen molar-refractivity contribution in [2.75, 3.05) is 4.90 Å². The summed E-state index contributed by atoms with van der Waals surface area (Å²) in [5, 5.41) is 11.4. The number of aliphatic imine (C=N–C) groups is 1. The molecule has 158 valence electrons. The number of hydrogen-bond donors (Lipinski definition) is 2. The second kappa shape index (κ2) is 9.88. The summed E-state index contributed by atoms with van der Waals surface area (Å²) in [4.78, 5) is 30.4. The molecular weight excluding hydrogens is 416 g/mol. The Bertz CT molecular complexity index is 1050. The molecule has 1 aromatic carbocycles. The number of halogens is 1. The number of amides is 3. The summed E-state index contributed by atoms with van der Waals surface area (Å²) in [6.07, 6.45) is 15.3. The standard InChI is InChI=1S/C23H21ClN4O3/c1-2-5-21(28(23(25)30)19-13-9-17(24)10-14-19)22(29)26-18-11-7-16(8-12-18)20-6-3-4-15-27(20)31/h2-4,6-15,21,31H,1,5H2,(H2,25,30). The number of rotatable bonds is 5. The number of carbonyl (C=O) groups excluding carboxylic acids is 2. The van der Waals surface area contributed by atoms with E-state index in [4.69, 9.17) is 17.3 Å². The Morgan fingerprint density at radius 2 is 1.84 bits per heavy atom. The fraction of sp³-hybridized carbons (Fsp3) is 0.0870. The smallest absolute Gasteiger partial charge is 0.320 e. The third-order valence-electron chi connectivity index (χ3n) is 4.57. The van der Waals surface area contributed by atoms with Gasteiger partial charge in [0.15, 0.2) is 0 Å². The van der Waals surface area contributed by atoms with Crippen LogP contribution in [0.5, 0.6) is 0 Å². The number of primary amides is 1. The number of benzene rings is 1. The maximum Gasteiger partial charge on any atom is 0.320 e. The molecule has 1 unspecified atom stereocenters. The molecule has 0 saturated carbocycles. The molecule has 3 N–H and O–H groups in total. The number of nitrogens with two attached hydrogens (primary N) is 1. The van der Waals surface area contributed by atoms with Gasteiger partial charge in [0.1, 0.15) is 6.04 Å². The maximum absolute atomic E-state index is 13.0. The first-order valence-corrected chi connectivity index (χ1v) is 9.79. The molecule has 0 bridgehead atoms. The van der Waals surface area contributed by atoms with Crippen LogP contribution < -0.4 is 10.6 Å². The average Bonchev–Trinajstić information content (AvgIpc) is 2.75. The van der Waals surface area contributed by atoms with E-state index in [1.165, 1.54) is 17.2 Å². The van der Waals surface area contributed by atoms with Crippen molar-refractivity contribution in [3.8, 4) is 0 Å². The van der Waals surface area contributed by atoms with Crippen LogP contribution >= 0.6 is 11.6 Å². The van der Waals surface area contributed by atoms with E-state index in [1.54, 1.807) is 66.8 Å². The molecule has 2 aliphatic rings. The summed E-state index contributed by atoms with van der Waals surface area (Å²) in [6, 6.07) is 4.68. The highest BCUT2D eigenvalue weighted by atomic mass is 35.5. The molecule has 1 aliphatic carbocycles. The van der Waals surface area contributed by atoms with E-state index >= 15 is 0 Å². The summed E-state index contributed by atoms with van der Waals surface area (Å²) in [5.41, 5.74) is 7.74. The Kier molecular flexibility index (Phi) is 7.02. The van der Waals surface area contributed by atoms with Gasteiger partial charge in [-0.15, -0.1) is 6.58 Å². The summed E-state index contributed by atoms with van der Waals surface area (Å²) in [6.45, 7) is 3.67. The molecule has 7 nitrogen and oxygen atoms in total. The third-order valence-corrected chi connectivity index (χ3v) is 4.82. The fourth-order valence-electron chi connectivity index (χ4n) is 3.11. The van der Waals surface area contributed by atoms with Crippen LogP contribution in [-0.4, -0.2) is 34.0 Å². The maximum atomic E-state index is 13.0. The number of carbonyl (C=O) groups is 2. The summed E-state index contributed by atoms with van der Waals surface area (Å²) >= 11 is 5.92. The molecule has 1 aliphatic heterocycles. The zero-order valence-corrected chi connectivity index (χ0v) is 17.3. The fourth-order valence-corrected chi connectivity index (χ4v) is 3.23. The minimum absolute atomic E-state index is 0.167. The Hall–Kier alpha value is -3.68. The molecule has 31 heavy (non-hydrogen) atoms. The van der Waals surface area contributed by atoms with Gasteiger partial charge in [-0.05, 0) is 55.0 Å². The highest BCUT2D eigenvalue weighted by Crippen LogP contribution is 2.23. The quantitative estimate of drug-likeness (QED) is 0.672. The first-order valence-electron chi connectivity index (χ1n) is 9.42. The van der Waals surface area contributed by atoms with E-state index in [-0.39, 0.29) is 6.42 Å². The van der Waals surface area contributed by atoms with Gasteiger partial charge in [-0.2, -0.15) is 0 Å². The largest absolute Gasteiger partial charge is 0.351 e. The SMILES string of the molecule is C=CCC(C(=O)N=C1C=CC(=C2C=CC=CN2O)C=C1)N(C(N)=O)c1ccc(Cl)cc1. The van der Waals surface area contributed by atoms with E-state index in [0.717, 1.165) is 10.6 Å². The number of nitrogens with zero attached hydrogens (tertiary/aromatic N) is 3. The number of urea groups is 1. The van der Waals surface area contributed by atoms with Crippen molar-refractivity contribution in [3.05, 3.63) is 102 Å². The summed E-state index contributed by atoms with van der Waals surface area (Å²) in [7, 11) is 0. The Morgan fingerprint density at radius 1 is 1.16 bits per heavy atom. The van der Waals surface area contributed by atoms with E-state index < -0.39 is 18.0 Å². The molecule has 8 heteroatoms. The van der Waals surface area contributed by atoms with Crippen LogP contribution in [0.2, 0.25) is 5.02 Å². The van der Waals surface area contributed by atoms with Crippen LogP contribution in [-0.2, 0) is 4.79 Å². The highest BCUT2D eigenvalue weighted by molar-refractivity contribution is 6.30. The molecule has 0 spiro atoms. The van der Waals surface area contributed by atoms with E-state index in [9.17, 15) is 14.8 Å². The first-order chi connectivity index (χ1) is 14.9. The number of hydroxylamine groups is 2. The minimum atomic E-state index is -0.954. The second-order valence-corrected chi connectivity index (χ2v) is 7.09.